The molecule has 0 spiro atoms. The second kappa shape index (κ2) is 4.43. The maximum atomic E-state index is 12.1. The molecule has 64 valence electrons. The number of anilines is 1. The number of aromatic nitrogens is 2. The van der Waals surface area contributed by atoms with Crippen molar-refractivity contribution in [1.29, 1.82) is 0 Å². The zero-order valence-corrected chi connectivity index (χ0v) is 6.63. The Balaban J connectivity index is 2.65. The lowest BCUT2D eigenvalue weighted by atomic mass is 10.4. The molecule has 12 heavy (non-hydrogen) atoms. The molecule has 1 rings (SSSR count). The molecule has 1 heterocycles. The van der Waals surface area contributed by atoms with Crippen LogP contribution in [0.5, 0.6) is 0 Å². The Labute approximate surface area is 70.4 Å². The van der Waals surface area contributed by atoms with Gasteiger partial charge in [-0.25, -0.2) is 14.4 Å². The molecule has 0 aliphatic heterocycles. The quantitative estimate of drug-likeness (QED) is 0.691. The van der Waals surface area contributed by atoms with E-state index in [4.69, 9.17) is 0 Å². The number of halogens is 1. The Morgan fingerprint density at radius 2 is 2.42 bits per heavy atom. The van der Waals surface area contributed by atoms with Gasteiger partial charge in [0.05, 0.1) is 5.69 Å². The SMILES string of the molecule is C=CCNc1cc(CF)ncn1. The van der Waals surface area contributed by atoms with Gasteiger partial charge in [0.1, 0.15) is 18.8 Å². The molecule has 1 N–H and O–H groups in total. The van der Waals surface area contributed by atoms with E-state index < -0.39 is 6.67 Å². The van der Waals surface area contributed by atoms with E-state index in [9.17, 15) is 4.39 Å². The van der Waals surface area contributed by atoms with Crippen molar-refractivity contribution in [2.75, 3.05) is 11.9 Å². The highest BCUT2D eigenvalue weighted by atomic mass is 19.1. The van der Waals surface area contributed by atoms with Gasteiger partial charge in [0.2, 0.25) is 0 Å². The van der Waals surface area contributed by atoms with Crippen LogP contribution in [-0.4, -0.2) is 16.5 Å². The van der Waals surface area contributed by atoms with Crippen molar-refractivity contribution in [3.8, 4) is 0 Å². The summed E-state index contributed by atoms with van der Waals surface area (Å²) in [7, 11) is 0. The molecular weight excluding hydrogens is 157 g/mol. The van der Waals surface area contributed by atoms with E-state index in [1.807, 2.05) is 0 Å². The van der Waals surface area contributed by atoms with E-state index in [0.29, 0.717) is 18.1 Å². The molecule has 0 unspecified atom stereocenters. The predicted molar refractivity (Wildman–Crippen MR) is 45.5 cm³/mol. The minimum atomic E-state index is -0.564. The van der Waals surface area contributed by atoms with Gasteiger partial charge in [0.15, 0.2) is 0 Å². The Kier molecular flexibility index (Phi) is 3.19. The van der Waals surface area contributed by atoms with Crippen LogP contribution in [0.25, 0.3) is 0 Å². The molecule has 0 aliphatic carbocycles. The first kappa shape index (κ1) is 8.64. The van der Waals surface area contributed by atoms with Crippen molar-refractivity contribution in [3.63, 3.8) is 0 Å². The normalized spacial score (nSPS) is 9.42. The van der Waals surface area contributed by atoms with E-state index >= 15 is 0 Å². The van der Waals surface area contributed by atoms with E-state index in [0.717, 1.165) is 0 Å². The van der Waals surface area contributed by atoms with Crippen LogP contribution in [-0.2, 0) is 6.67 Å². The Morgan fingerprint density at radius 1 is 1.58 bits per heavy atom. The smallest absolute Gasteiger partial charge is 0.132 e. The number of alkyl halides is 1. The summed E-state index contributed by atoms with van der Waals surface area (Å²) in [6.45, 7) is 3.59. The van der Waals surface area contributed by atoms with Gasteiger partial charge in [-0.1, -0.05) is 6.08 Å². The van der Waals surface area contributed by atoms with Crippen LogP contribution in [0.3, 0.4) is 0 Å². The third-order valence-corrected chi connectivity index (χ3v) is 1.29. The highest BCUT2D eigenvalue weighted by Crippen LogP contribution is 2.03. The van der Waals surface area contributed by atoms with Gasteiger partial charge in [-0.05, 0) is 0 Å². The minimum absolute atomic E-state index is 0.386. The molecule has 0 saturated heterocycles. The van der Waals surface area contributed by atoms with Crippen LogP contribution < -0.4 is 5.32 Å². The second-order valence-electron chi connectivity index (χ2n) is 2.20. The molecule has 3 nitrogen and oxygen atoms in total. The number of nitrogens with one attached hydrogen (secondary N) is 1. The largest absolute Gasteiger partial charge is 0.367 e. The van der Waals surface area contributed by atoms with Crippen molar-refractivity contribution < 1.29 is 4.39 Å². The van der Waals surface area contributed by atoms with Crippen LogP contribution in [0.15, 0.2) is 25.0 Å². The fourth-order valence-corrected chi connectivity index (χ4v) is 0.744. The summed E-state index contributed by atoms with van der Waals surface area (Å²) >= 11 is 0. The number of rotatable bonds is 4. The summed E-state index contributed by atoms with van der Waals surface area (Å²) in [5.41, 5.74) is 0.386. The molecule has 0 atom stereocenters. The van der Waals surface area contributed by atoms with Gasteiger partial charge < -0.3 is 5.32 Å². The molecule has 0 aromatic carbocycles. The zero-order valence-electron chi connectivity index (χ0n) is 6.63. The predicted octanol–water partition coefficient (Wildman–Crippen LogP) is 1.54. The average molecular weight is 167 g/mol. The lowest BCUT2D eigenvalue weighted by Crippen LogP contribution is -2.01. The van der Waals surface area contributed by atoms with Crippen LogP contribution in [0.4, 0.5) is 10.2 Å². The van der Waals surface area contributed by atoms with Crippen LogP contribution >= 0.6 is 0 Å². The van der Waals surface area contributed by atoms with Gasteiger partial charge in [-0.2, -0.15) is 0 Å². The van der Waals surface area contributed by atoms with Crippen LogP contribution in [0.2, 0.25) is 0 Å². The van der Waals surface area contributed by atoms with Crippen molar-refractivity contribution in [1.82, 2.24) is 9.97 Å². The van der Waals surface area contributed by atoms with Crippen LogP contribution in [0.1, 0.15) is 5.69 Å². The molecule has 0 amide bonds. The van der Waals surface area contributed by atoms with Crippen molar-refractivity contribution in [2.24, 2.45) is 0 Å². The Morgan fingerprint density at radius 3 is 3.08 bits per heavy atom. The number of hydrogen-bond acceptors (Lipinski definition) is 3. The summed E-state index contributed by atoms with van der Waals surface area (Å²) < 4.78 is 12.1. The molecule has 1 aromatic heterocycles. The lowest BCUT2D eigenvalue weighted by Gasteiger charge is -2.01. The summed E-state index contributed by atoms with van der Waals surface area (Å²) in [5.74, 6) is 0.623. The Bertz CT molecular complexity index is 262. The van der Waals surface area contributed by atoms with Gasteiger partial charge in [-0.15, -0.1) is 6.58 Å². The first-order valence-corrected chi connectivity index (χ1v) is 3.58. The van der Waals surface area contributed by atoms with Crippen LogP contribution in [0, 0.1) is 0 Å². The fourth-order valence-electron chi connectivity index (χ4n) is 0.744. The number of hydrogen-bond donors (Lipinski definition) is 1. The summed E-state index contributed by atoms with van der Waals surface area (Å²) in [6, 6.07) is 1.57. The van der Waals surface area contributed by atoms with Crippen molar-refractivity contribution in [2.45, 2.75) is 6.67 Å². The van der Waals surface area contributed by atoms with Gasteiger partial charge in [0, 0.05) is 12.6 Å². The van der Waals surface area contributed by atoms with E-state index in [1.165, 1.54) is 6.33 Å². The van der Waals surface area contributed by atoms with E-state index in [-0.39, 0.29) is 0 Å². The van der Waals surface area contributed by atoms with Gasteiger partial charge in [0.25, 0.3) is 0 Å². The first-order chi connectivity index (χ1) is 5.86. The lowest BCUT2D eigenvalue weighted by molar-refractivity contribution is 0.475. The maximum Gasteiger partial charge on any atom is 0.132 e. The molecule has 0 aliphatic rings. The highest BCUT2D eigenvalue weighted by molar-refractivity contribution is 5.35. The van der Waals surface area contributed by atoms with Crippen molar-refractivity contribution in [3.05, 3.63) is 30.7 Å². The molecule has 0 bridgehead atoms. The summed E-state index contributed by atoms with van der Waals surface area (Å²) in [6.07, 6.45) is 3.04. The first-order valence-electron chi connectivity index (χ1n) is 3.58. The average Bonchev–Trinajstić information content (AvgIpc) is 2.15. The third-order valence-electron chi connectivity index (χ3n) is 1.29. The summed E-state index contributed by atoms with van der Waals surface area (Å²) in [4.78, 5) is 7.60. The standard InChI is InChI=1S/C8H10FN3/c1-2-3-10-8-4-7(5-9)11-6-12-8/h2,4,6H,1,3,5H2,(H,10,11,12). The van der Waals surface area contributed by atoms with Gasteiger partial charge >= 0.3 is 0 Å². The molecule has 0 radical (unpaired) electrons. The fraction of sp³-hybridized carbons (Fsp3) is 0.250. The van der Waals surface area contributed by atoms with Crippen molar-refractivity contribution >= 4 is 5.82 Å². The molecule has 0 saturated carbocycles. The maximum absolute atomic E-state index is 12.1. The Hall–Kier alpha value is -1.45. The highest BCUT2D eigenvalue weighted by Gasteiger charge is 1.95. The van der Waals surface area contributed by atoms with Gasteiger partial charge in [-0.3, -0.25) is 0 Å². The molecule has 0 fully saturated rings. The number of nitrogens with zero attached hydrogens (tertiary/aromatic N) is 2. The van der Waals surface area contributed by atoms with E-state index in [2.05, 4.69) is 21.9 Å². The van der Waals surface area contributed by atoms with E-state index in [1.54, 1.807) is 12.1 Å². The second-order valence-corrected chi connectivity index (χ2v) is 2.20. The summed E-state index contributed by atoms with van der Waals surface area (Å²) in [5, 5.41) is 2.93. The topological polar surface area (TPSA) is 37.8 Å². The minimum Gasteiger partial charge on any atom is -0.367 e. The molecule has 4 heteroatoms. The third kappa shape index (κ3) is 2.30. The molecular formula is C8H10FN3. The zero-order chi connectivity index (χ0) is 8.81. The monoisotopic (exact) mass is 167 g/mol. The molecule has 1 aromatic rings.